The Morgan fingerprint density at radius 3 is 2.94 bits per heavy atom. The summed E-state index contributed by atoms with van der Waals surface area (Å²) in [4.78, 5) is 13.3. The van der Waals surface area contributed by atoms with E-state index < -0.39 is 6.04 Å². The van der Waals surface area contributed by atoms with E-state index >= 15 is 0 Å². The van der Waals surface area contributed by atoms with Crippen LogP contribution >= 0.6 is 0 Å². The van der Waals surface area contributed by atoms with Crippen LogP contribution in [0, 0.1) is 11.3 Å². The Hall–Kier alpha value is -2.34. The second kappa shape index (κ2) is 4.67. The highest BCUT2D eigenvalue weighted by Crippen LogP contribution is 2.29. The van der Waals surface area contributed by atoms with Crippen LogP contribution in [-0.4, -0.2) is 10.8 Å². The molecule has 1 atom stereocenters. The highest BCUT2D eigenvalue weighted by atomic mass is 16.2. The van der Waals surface area contributed by atoms with E-state index in [0.717, 1.165) is 11.1 Å². The predicted molar refractivity (Wildman–Crippen MR) is 65.5 cm³/mol. The summed E-state index contributed by atoms with van der Waals surface area (Å²) in [7, 11) is 0. The topological polar surface area (TPSA) is 44.1 Å². The van der Waals surface area contributed by atoms with Crippen LogP contribution in [0.2, 0.25) is 0 Å². The number of allylic oxidation sites excluding steroid dienone is 1. The zero-order valence-electron chi connectivity index (χ0n) is 9.50. The van der Waals surface area contributed by atoms with Crippen molar-refractivity contribution in [2.45, 2.75) is 13.0 Å². The van der Waals surface area contributed by atoms with Gasteiger partial charge in [-0.15, -0.1) is 0 Å². The summed E-state index contributed by atoms with van der Waals surface area (Å²) < 4.78 is 0. The fourth-order valence-electron chi connectivity index (χ4n) is 1.87. The first-order valence-electron chi connectivity index (χ1n) is 5.39. The van der Waals surface area contributed by atoms with Crippen molar-refractivity contribution in [3.63, 3.8) is 0 Å². The minimum atomic E-state index is -0.542. The van der Waals surface area contributed by atoms with Crippen molar-refractivity contribution in [1.82, 2.24) is 4.90 Å². The van der Waals surface area contributed by atoms with Crippen LogP contribution in [0.3, 0.4) is 0 Å². The molecule has 1 aliphatic rings. The van der Waals surface area contributed by atoms with Gasteiger partial charge in [0.1, 0.15) is 6.04 Å². The third-order valence-corrected chi connectivity index (χ3v) is 2.67. The van der Waals surface area contributed by atoms with Gasteiger partial charge in [0.2, 0.25) is 0 Å². The quantitative estimate of drug-likeness (QED) is 0.688. The van der Waals surface area contributed by atoms with Gasteiger partial charge in [-0.25, -0.2) is 0 Å². The molecular weight excluding hydrogens is 212 g/mol. The van der Waals surface area contributed by atoms with Gasteiger partial charge < -0.3 is 0 Å². The molecule has 0 bridgehead atoms. The van der Waals surface area contributed by atoms with E-state index in [1.165, 1.54) is 11.0 Å². The van der Waals surface area contributed by atoms with Gasteiger partial charge in [0.15, 0.2) is 0 Å². The molecule has 0 saturated carbocycles. The van der Waals surface area contributed by atoms with Crippen molar-refractivity contribution < 1.29 is 4.79 Å². The largest absolute Gasteiger partial charge is 0.295 e. The Bertz CT molecular complexity index is 537. The summed E-state index contributed by atoms with van der Waals surface area (Å²) in [5.41, 5.74) is 1.86. The molecule has 0 aliphatic carbocycles. The number of hydrogen-bond acceptors (Lipinski definition) is 2. The zero-order chi connectivity index (χ0) is 12.3. The lowest BCUT2D eigenvalue weighted by Crippen LogP contribution is -2.30. The molecule has 1 aromatic carbocycles. The predicted octanol–water partition coefficient (Wildman–Crippen LogP) is 2.64. The average molecular weight is 224 g/mol. The minimum absolute atomic E-state index is 0.176. The van der Waals surface area contributed by atoms with Crippen molar-refractivity contribution in [2.75, 3.05) is 0 Å². The van der Waals surface area contributed by atoms with Gasteiger partial charge in [-0.3, -0.25) is 9.69 Å². The molecule has 84 valence electrons. The molecule has 0 unspecified atom stereocenters. The number of nitriles is 1. The summed E-state index contributed by atoms with van der Waals surface area (Å²) >= 11 is 0. The fraction of sp³-hybridized carbons (Fsp3) is 0.143. The number of fused-ring (bicyclic) bond motifs is 1. The Morgan fingerprint density at radius 2 is 2.24 bits per heavy atom. The van der Waals surface area contributed by atoms with E-state index in [2.05, 4.69) is 6.07 Å². The van der Waals surface area contributed by atoms with Crippen molar-refractivity contribution in [3.8, 4) is 6.07 Å². The highest BCUT2D eigenvalue weighted by molar-refractivity contribution is 5.90. The summed E-state index contributed by atoms with van der Waals surface area (Å²) in [5.74, 6) is -0.176. The number of rotatable bonds is 1. The molecular formula is C14H12N2O. The molecule has 1 aromatic rings. The van der Waals surface area contributed by atoms with Gasteiger partial charge in [0, 0.05) is 6.20 Å². The first-order valence-corrected chi connectivity index (χ1v) is 5.39. The molecule has 3 heteroatoms. The van der Waals surface area contributed by atoms with E-state index in [1.54, 1.807) is 19.2 Å². The molecule has 1 heterocycles. The first kappa shape index (κ1) is 11.2. The lowest BCUT2D eigenvalue weighted by molar-refractivity contribution is -0.124. The molecule has 1 aliphatic heterocycles. The van der Waals surface area contributed by atoms with Gasteiger partial charge in [-0.2, -0.15) is 5.26 Å². The van der Waals surface area contributed by atoms with Gasteiger partial charge in [0.05, 0.1) is 6.07 Å². The lowest BCUT2D eigenvalue weighted by Gasteiger charge is -2.27. The van der Waals surface area contributed by atoms with Gasteiger partial charge >= 0.3 is 0 Å². The Balaban J connectivity index is 2.43. The lowest BCUT2D eigenvalue weighted by atomic mass is 9.97. The van der Waals surface area contributed by atoms with Crippen LogP contribution in [0.15, 0.2) is 42.6 Å². The third-order valence-electron chi connectivity index (χ3n) is 2.67. The van der Waals surface area contributed by atoms with Crippen molar-refractivity contribution >= 4 is 12.0 Å². The van der Waals surface area contributed by atoms with Crippen LogP contribution < -0.4 is 0 Å². The van der Waals surface area contributed by atoms with Crippen molar-refractivity contribution in [1.29, 1.82) is 5.26 Å². The third kappa shape index (κ3) is 1.98. The van der Waals surface area contributed by atoms with Crippen LogP contribution in [0.1, 0.15) is 24.1 Å². The smallest absolute Gasteiger partial charge is 0.251 e. The number of carbonyl (C=O) groups is 1. The van der Waals surface area contributed by atoms with Crippen molar-refractivity contribution in [2.24, 2.45) is 0 Å². The molecule has 0 aromatic heterocycles. The number of amides is 1. The van der Waals surface area contributed by atoms with E-state index in [9.17, 15) is 10.1 Å². The molecule has 17 heavy (non-hydrogen) atoms. The monoisotopic (exact) mass is 224 g/mol. The number of carbonyl (C=O) groups excluding carboxylic acids is 1. The van der Waals surface area contributed by atoms with Crippen molar-refractivity contribution in [3.05, 3.63) is 53.7 Å². The summed E-state index contributed by atoms with van der Waals surface area (Å²) in [5, 5.41) is 9.22. The summed E-state index contributed by atoms with van der Waals surface area (Å²) in [6.07, 6.45) is 6.65. The maximum atomic E-state index is 11.8. The molecule has 0 N–H and O–H groups in total. The number of hydrogen-bond donors (Lipinski definition) is 0. The molecule has 0 spiro atoms. The van der Waals surface area contributed by atoms with Gasteiger partial charge in [-0.1, -0.05) is 30.3 Å². The summed E-state index contributed by atoms with van der Waals surface area (Å²) in [6, 6.07) is 9.24. The maximum Gasteiger partial charge on any atom is 0.251 e. The minimum Gasteiger partial charge on any atom is -0.295 e. The van der Waals surface area contributed by atoms with Crippen LogP contribution in [0.25, 0.3) is 6.08 Å². The Morgan fingerprint density at radius 1 is 1.47 bits per heavy atom. The second-order valence-corrected chi connectivity index (χ2v) is 3.72. The zero-order valence-corrected chi connectivity index (χ0v) is 9.50. The number of benzene rings is 1. The van der Waals surface area contributed by atoms with E-state index in [1.807, 2.05) is 30.3 Å². The molecule has 0 saturated heterocycles. The Kier molecular flexibility index (Phi) is 3.06. The second-order valence-electron chi connectivity index (χ2n) is 3.72. The average Bonchev–Trinajstić information content (AvgIpc) is 2.37. The first-order chi connectivity index (χ1) is 8.27. The molecule has 1 amide bonds. The normalized spacial score (nSPS) is 17.9. The van der Waals surface area contributed by atoms with Gasteiger partial charge in [0.25, 0.3) is 5.91 Å². The number of nitrogens with zero attached hydrogens (tertiary/aromatic N) is 2. The standard InChI is InChI=1S/C14H12N2O/c1-2-5-14(17)16-9-8-11-6-3-4-7-12(11)13(16)10-15/h2-9,13H,1H3/b5-2-/t13-/m0/s1. The van der Waals surface area contributed by atoms with E-state index in [4.69, 9.17) is 0 Å². The van der Waals surface area contributed by atoms with Gasteiger partial charge in [-0.05, 0) is 30.2 Å². The molecule has 0 radical (unpaired) electrons. The SMILES string of the molecule is C/C=C\C(=O)N1C=Cc2ccccc2[C@@H]1C#N. The fourth-order valence-corrected chi connectivity index (χ4v) is 1.87. The van der Waals surface area contributed by atoms with Crippen LogP contribution in [0.5, 0.6) is 0 Å². The van der Waals surface area contributed by atoms with Crippen LogP contribution in [0.4, 0.5) is 0 Å². The van der Waals surface area contributed by atoms with Crippen LogP contribution in [-0.2, 0) is 4.79 Å². The van der Waals surface area contributed by atoms with E-state index in [-0.39, 0.29) is 5.91 Å². The highest BCUT2D eigenvalue weighted by Gasteiger charge is 2.26. The molecule has 3 nitrogen and oxygen atoms in total. The maximum absolute atomic E-state index is 11.8. The molecule has 0 fully saturated rings. The molecule has 2 rings (SSSR count). The Labute approximate surface area is 100 Å². The van der Waals surface area contributed by atoms with E-state index in [0.29, 0.717) is 0 Å². The summed E-state index contributed by atoms with van der Waals surface area (Å²) in [6.45, 7) is 1.78.